The molecule has 3 rings (SSSR count). The summed E-state index contributed by atoms with van der Waals surface area (Å²) >= 11 is 0. The Balaban J connectivity index is 2.26. The molecular formula is C14H10FN3O3. The Morgan fingerprint density at radius 1 is 1.29 bits per heavy atom. The van der Waals surface area contributed by atoms with Gasteiger partial charge in [-0.15, -0.1) is 0 Å². The summed E-state index contributed by atoms with van der Waals surface area (Å²) in [5, 5.41) is 6.12. The molecule has 0 fully saturated rings. The predicted octanol–water partition coefficient (Wildman–Crippen LogP) is 1.59. The smallest absolute Gasteiger partial charge is 0.341 e. The highest BCUT2D eigenvalue weighted by atomic mass is 19.1. The average Bonchev–Trinajstić information content (AvgIpc) is 2.88. The number of carbonyl (C=O) groups excluding carboxylic acids is 1. The van der Waals surface area contributed by atoms with Crippen LogP contribution in [-0.4, -0.2) is 27.8 Å². The van der Waals surface area contributed by atoms with Crippen molar-refractivity contribution in [2.75, 3.05) is 7.11 Å². The number of aromatic amines is 1. The van der Waals surface area contributed by atoms with E-state index >= 15 is 0 Å². The van der Waals surface area contributed by atoms with Gasteiger partial charge in [0, 0.05) is 18.1 Å². The van der Waals surface area contributed by atoms with Crippen molar-refractivity contribution >= 4 is 5.97 Å². The number of H-pyrrole nitrogens is 1. The summed E-state index contributed by atoms with van der Waals surface area (Å²) in [5.74, 6) is -0.982. The SMILES string of the molecule is COC(=O)c1cn(-c2ccc(F)cc2)cc2c(=O)[nH]nc1-2. The van der Waals surface area contributed by atoms with Crippen molar-refractivity contribution in [1.29, 1.82) is 0 Å². The fourth-order valence-corrected chi connectivity index (χ4v) is 2.06. The highest BCUT2D eigenvalue weighted by molar-refractivity contribution is 5.96. The van der Waals surface area contributed by atoms with Crippen LogP contribution in [0.15, 0.2) is 41.5 Å². The molecule has 1 aromatic carbocycles. The third-order valence-electron chi connectivity index (χ3n) is 3.09. The number of pyridine rings is 1. The summed E-state index contributed by atoms with van der Waals surface area (Å²) in [6.07, 6.45) is 3.02. The molecule has 6 nitrogen and oxygen atoms in total. The van der Waals surface area contributed by atoms with E-state index in [1.807, 2.05) is 0 Å². The molecule has 21 heavy (non-hydrogen) atoms. The fraction of sp³-hybridized carbons (Fsp3) is 0.0714. The molecule has 0 atom stereocenters. The van der Waals surface area contributed by atoms with Gasteiger partial charge in [-0.25, -0.2) is 14.3 Å². The molecule has 0 saturated carbocycles. The maximum atomic E-state index is 13.0. The van der Waals surface area contributed by atoms with Crippen molar-refractivity contribution in [1.82, 2.24) is 14.8 Å². The van der Waals surface area contributed by atoms with Crippen LogP contribution in [0.5, 0.6) is 0 Å². The van der Waals surface area contributed by atoms with Crippen LogP contribution >= 0.6 is 0 Å². The highest BCUT2D eigenvalue weighted by Crippen LogP contribution is 2.22. The van der Waals surface area contributed by atoms with E-state index in [1.165, 1.54) is 43.8 Å². The van der Waals surface area contributed by atoms with E-state index in [2.05, 4.69) is 10.2 Å². The van der Waals surface area contributed by atoms with Crippen molar-refractivity contribution in [2.45, 2.75) is 0 Å². The summed E-state index contributed by atoms with van der Waals surface area (Å²) < 4.78 is 19.2. The lowest BCUT2D eigenvalue weighted by Crippen LogP contribution is -2.11. The Kier molecular flexibility index (Phi) is 3.02. The molecule has 0 amide bonds. The zero-order valence-electron chi connectivity index (χ0n) is 11.0. The number of ether oxygens (including phenoxy) is 1. The van der Waals surface area contributed by atoms with Crippen LogP contribution < -0.4 is 5.56 Å². The molecule has 0 aliphatic carbocycles. The Bertz CT molecular complexity index is 836. The number of fused-ring (bicyclic) bond motifs is 1. The van der Waals surface area contributed by atoms with Crippen LogP contribution in [-0.2, 0) is 4.74 Å². The first-order valence-electron chi connectivity index (χ1n) is 6.05. The molecule has 106 valence electrons. The molecule has 0 spiro atoms. The molecule has 1 aromatic rings. The molecule has 2 aliphatic heterocycles. The van der Waals surface area contributed by atoms with Crippen molar-refractivity contribution in [3.63, 3.8) is 0 Å². The van der Waals surface area contributed by atoms with Gasteiger partial charge in [0.1, 0.15) is 17.1 Å². The van der Waals surface area contributed by atoms with E-state index in [-0.39, 0.29) is 22.6 Å². The molecule has 0 radical (unpaired) electrons. The summed E-state index contributed by atoms with van der Waals surface area (Å²) in [6.45, 7) is 0. The molecular weight excluding hydrogens is 277 g/mol. The normalized spacial score (nSPS) is 10.8. The second-order valence-electron chi connectivity index (χ2n) is 4.36. The minimum absolute atomic E-state index is 0.151. The third kappa shape index (κ3) is 2.18. The van der Waals surface area contributed by atoms with E-state index in [1.54, 1.807) is 4.57 Å². The molecule has 1 N–H and O–H groups in total. The molecule has 0 aromatic heterocycles. The number of carbonyl (C=O) groups is 1. The summed E-state index contributed by atoms with van der Waals surface area (Å²) in [4.78, 5) is 23.6. The Morgan fingerprint density at radius 2 is 2.00 bits per heavy atom. The first-order chi connectivity index (χ1) is 10.1. The number of esters is 1. The zero-order valence-corrected chi connectivity index (χ0v) is 11.0. The van der Waals surface area contributed by atoms with Crippen molar-refractivity contribution < 1.29 is 13.9 Å². The number of methoxy groups -OCH3 is 1. The number of nitrogens with one attached hydrogen (secondary N) is 1. The first kappa shape index (κ1) is 13.0. The number of hydrogen-bond acceptors (Lipinski definition) is 4. The van der Waals surface area contributed by atoms with Crippen LogP contribution in [0.1, 0.15) is 10.4 Å². The molecule has 2 aliphatic rings. The number of aromatic nitrogens is 3. The van der Waals surface area contributed by atoms with Gasteiger partial charge in [-0.2, -0.15) is 5.10 Å². The largest absolute Gasteiger partial charge is 0.465 e. The van der Waals surface area contributed by atoms with Gasteiger partial charge in [0.2, 0.25) is 0 Å². The van der Waals surface area contributed by atoms with Gasteiger partial charge in [-0.05, 0) is 24.3 Å². The van der Waals surface area contributed by atoms with Gasteiger partial charge in [0.25, 0.3) is 5.56 Å². The maximum Gasteiger partial charge on any atom is 0.341 e. The summed E-state index contributed by atoms with van der Waals surface area (Å²) in [7, 11) is 1.24. The Labute approximate surface area is 118 Å². The van der Waals surface area contributed by atoms with Crippen LogP contribution in [0.2, 0.25) is 0 Å². The molecule has 7 heteroatoms. The summed E-state index contributed by atoms with van der Waals surface area (Å²) in [6, 6.07) is 5.65. The van der Waals surface area contributed by atoms with E-state index in [0.29, 0.717) is 5.69 Å². The maximum absolute atomic E-state index is 13.0. The lowest BCUT2D eigenvalue weighted by atomic mass is 10.1. The van der Waals surface area contributed by atoms with Gasteiger partial charge in [0.05, 0.1) is 12.7 Å². The van der Waals surface area contributed by atoms with Crippen molar-refractivity contribution in [2.24, 2.45) is 0 Å². The first-order valence-corrected chi connectivity index (χ1v) is 6.05. The minimum Gasteiger partial charge on any atom is -0.465 e. The van der Waals surface area contributed by atoms with Crippen LogP contribution in [0.3, 0.4) is 0 Å². The second-order valence-corrected chi connectivity index (χ2v) is 4.36. The molecule has 0 saturated heterocycles. The van der Waals surface area contributed by atoms with Crippen LogP contribution in [0.4, 0.5) is 4.39 Å². The standard InChI is InChI=1S/C14H10FN3O3/c1-21-14(20)11-7-18(9-4-2-8(15)3-5-9)6-10-12(11)16-17-13(10)19/h2-7H,1H3,(H,17,19). The van der Waals surface area contributed by atoms with Gasteiger partial charge in [-0.3, -0.25) is 4.79 Å². The Morgan fingerprint density at radius 3 is 2.67 bits per heavy atom. The Hall–Kier alpha value is -2.96. The van der Waals surface area contributed by atoms with Crippen LogP contribution in [0, 0.1) is 5.82 Å². The zero-order chi connectivity index (χ0) is 15.0. The van der Waals surface area contributed by atoms with E-state index in [0.717, 1.165) is 0 Å². The van der Waals surface area contributed by atoms with E-state index in [4.69, 9.17) is 4.74 Å². The molecule has 2 heterocycles. The average molecular weight is 287 g/mol. The topological polar surface area (TPSA) is 77.0 Å². The second kappa shape index (κ2) is 4.86. The quantitative estimate of drug-likeness (QED) is 0.726. The van der Waals surface area contributed by atoms with Crippen molar-refractivity contribution in [3.05, 3.63) is 58.4 Å². The van der Waals surface area contributed by atoms with Gasteiger partial charge >= 0.3 is 5.97 Å². The number of benzene rings is 1. The lowest BCUT2D eigenvalue weighted by molar-refractivity contribution is 0.0600. The molecule has 0 bridgehead atoms. The van der Waals surface area contributed by atoms with Gasteiger partial charge in [0.15, 0.2) is 0 Å². The monoisotopic (exact) mass is 287 g/mol. The fourth-order valence-electron chi connectivity index (χ4n) is 2.06. The lowest BCUT2D eigenvalue weighted by Gasteiger charge is -2.11. The number of rotatable bonds is 2. The number of hydrogen-bond donors (Lipinski definition) is 1. The van der Waals surface area contributed by atoms with Crippen LogP contribution in [0.25, 0.3) is 16.9 Å². The number of nitrogens with zero attached hydrogens (tertiary/aromatic N) is 2. The number of halogens is 1. The minimum atomic E-state index is -0.608. The highest BCUT2D eigenvalue weighted by Gasteiger charge is 2.22. The molecule has 0 unspecified atom stereocenters. The predicted molar refractivity (Wildman–Crippen MR) is 72.1 cm³/mol. The van der Waals surface area contributed by atoms with E-state index < -0.39 is 11.5 Å². The third-order valence-corrected chi connectivity index (χ3v) is 3.09. The van der Waals surface area contributed by atoms with Gasteiger partial charge in [-0.1, -0.05) is 0 Å². The van der Waals surface area contributed by atoms with Crippen molar-refractivity contribution in [3.8, 4) is 16.9 Å². The van der Waals surface area contributed by atoms with Gasteiger partial charge < -0.3 is 9.30 Å². The van der Waals surface area contributed by atoms with E-state index in [9.17, 15) is 14.0 Å². The summed E-state index contributed by atoms with van der Waals surface area (Å²) in [5.41, 5.74) is 0.834.